The topological polar surface area (TPSA) is 67.4 Å². The molecule has 5 nitrogen and oxygen atoms in total. The smallest absolute Gasteiger partial charge is 0.307 e. The summed E-state index contributed by atoms with van der Waals surface area (Å²) in [7, 11) is 1.36. The normalized spacial score (nSPS) is 16.3. The van der Waals surface area contributed by atoms with Crippen LogP contribution in [0.1, 0.15) is 24.9 Å². The van der Waals surface area contributed by atoms with Gasteiger partial charge in [-0.05, 0) is 43.0 Å². The Hall–Kier alpha value is -1.24. The number of carbonyl (C=O) groups is 2. The molecule has 1 aromatic carbocycles. The van der Waals surface area contributed by atoms with E-state index in [1.165, 1.54) is 7.11 Å². The van der Waals surface area contributed by atoms with Crippen LogP contribution in [0.2, 0.25) is 0 Å². The Balaban J connectivity index is 0.00000288. The summed E-state index contributed by atoms with van der Waals surface area (Å²) in [6, 6.07) is 7.54. The number of nitrogens with one attached hydrogen (secondary N) is 2. The molecule has 2 atom stereocenters. The highest BCUT2D eigenvalue weighted by Crippen LogP contribution is 2.23. The second-order valence-electron chi connectivity index (χ2n) is 5.82. The van der Waals surface area contributed by atoms with Crippen molar-refractivity contribution in [1.29, 1.82) is 0 Å². The third-order valence-electron chi connectivity index (χ3n) is 4.37. The molecule has 2 unspecified atom stereocenters. The zero-order valence-corrected chi connectivity index (χ0v) is 15.8. The molecule has 0 saturated carbocycles. The van der Waals surface area contributed by atoms with E-state index < -0.39 is 0 Å². The van der Waals surface area contributed by atoms with Gasteiger partial charge in [0.25, 0.3) is 0 Å². The highest BCUT2D eigenvalue weighted by molar-refractivity contribution is 7.98. The zero-order valence-electron chi connectivity index (χ0n) is 14.2. The van der Waals surface area contributed by atoms with Crippen LogP contribution in [0.5, 0.6) is 0 Å². The number of hydrogen-bond acceptors (Lipinski definition) is 5. The first kappa shape index (κ1) is 20.8. The molecule has 1 fully saturated rings. The Morgan fingerprint density at radius 2 is 1.96 bits per heavy atom. The molecule has 1 heterocycles. The zero-order chi connectivity index (χ0) is 16.8. The molecule has 0 bridgehead atoms. The van der Waals surface area contributed by atoms with Crippen molar-refractivity contribution in [1.82, 2.24) is 10.6 Å². The molecular formula is C17H25ClN2O3S. The summed E-state index contributed by atoms with van der Waals surface area (Å²) in [4.78, 5) is 25.3. The molecular weight excluding hydrogens is 348 g/mol. The molecule has 24 heavy (non-hydrogen) atoms. The van der Waals surface area contributed by atoms with Crippen LogP contribution in [-0.4, -0.2) is 38.3 Å². The van der Waals surface area contributed by atoms with Gasteiger partial charge in [-0.25, -0.2) is 0 Å². The van der Waals surface area contributed by atoms with Crippen LogP contribution in [0.4, 0.5) is 0 Å². The number of esters is 1. The van der Waals surface area contributed by atoms with Crippen LogP contribution in [-0.2, 0) is 14.3 Å². The van der Waals surface area contributed by atoms with Crippen molar-refractivity contribution in [3.63, 3.8) is 0 Å². The van der Waals surface area contributed by atoms with Crippen molar-refractivity contribution in [2.24, 2.45) is 11.8 Å². The van der Waals surface area contributed by atoms with Crippen molar-refractivity contribution in [2.45, 2.75) is 24.3 Å². The van der Waals surface area contributed by atoms with Crippen molar-refractivity contribution >= 4 is 36.0 Å². The first-order valence-corrected chi connectivity index (χ1v) is 8.99. The van der Waals surface area contributed by atoms with Gasteiger partial charge >= 0.3 is 5.97 Å². The number of ether oxygens (including phenoxy) is 1. The summed E-state index contributed by atoms with van der Waals surface area (Å²) in [5.41, 5.74) is 0.917. The Morgan fingerprint density at radius 3 is 2.42 bits per heavy atom. The summed E-state index contributed by atoms with van der Waals surface area (Å²) >= 11 is 1.65. The average molecular weight is 373 g/mol. The molecule has 1 aromatic rings. The molecule has 2 rings (SSSR count). The van der Waals surface area contributed by atoms with E-state index in [-0.39, 0.29) is 42.7 Å². The molecule has 1 aliphatic rings. The number of hydrogen-bond donors (Lipinski definition) is 2. The fraction of sp³-hybridized carbons (Fsp3) is 0.529. The van der Waals surface area contributed by atoms with Crippen LogP contribution in [0.15, 0.2) is 29.2 Å². The van der Waals surface area contributed by atoms with Gasteiger partial charge < -0.3 is 15.4 Å². The molecule has 7 heteroatoms. The number of methoxy groups -OCH3 is 1. The Morgan fingerprint density at radius 1 is 1.33 bits per heavy atom. The summed E-state index contributed by atoms with van der Waals surface area (Å²) in [6.07, 6.45) is 2.15. The van der Waals surface area contributed by atoms with Gasteiger partial charge in [0.2, 0.25) is 5.91 Å². The lowest BCUT2D eigenvalue weighted by Crippen LogP contribution is -2.50. The summed E-state index contributed by atoms with van der Waals surface area (Å²) in [5, 5.41) is 6.19. The number of carbonyl (C=O) groups excluding carboxylic acids is 2. The lowest BCUT2D eigenvalue weighted by atomic mass is 9.88. The minimum Gasteiger partial charge on any atom is -0.469 e. The molecule has 134 valence electrons. The number of benzene rings is 1. The SMILES string of the molecule is COC(=O)CC(NC(=O)C(C)C1CNC1)c1ccc(SC)cc1.Cl. The van der Waals surface area contributed by atoms with Crippen molar-refractivity contribution < 1.29 is 14.3 Å². The summed E-state index contributed by atoms with van der Waals surface area (Å²) < 4.78 is 4.76. The van der Waals surface area contributed by atoms with Gasteiger partial charge in [-0.1, -0.05) is 19.1 Å². The van der Waals surface area contributed by atoms with Crippen molar-refractivity contribution in [2.75, 3.05) is 26.5 Å². The lowest BCUT2D eigenvalue weighted by molar-refractivity contribution is -0.141. The first-order chi connectivity index (χ1) is 11.0. The van der Waals surface area contributed by atoms with Crippen LogP contribution in [0.25, 0.3) is 0 Å². The van der Waals surface area contributed by atoms with Crippen LogP contribution in [0, 0.1) is 11.8 Å². The Bertz CT molecular complexity index is 549. The first-order valence-electron chi connectivity index (χ1n) is 7.77. The van der Waals surface area contributed by atoms with E-state index in [0.717, 1.165) is 23.5 Å². The number of amides is 1. The van der Waals surface area contributed by atoms with Crippen LogP contribution < -0.4 is 10.6 Å². The fourth-order valence-corrected chi connectivity index (χ4v) is 2.93. The monoisotopic (exact) mass is 372 g/mol. The average Bonchev–Trinajstić information content (AvgIpc) is 2.52. The fourth-order valence-electron chi connectivity index (χ4n) is 2.52. The lowest BCUT2D eigenvalue weighted by Gasteiger charge is -2.32. The van der Waals surface area contributed by atoms with E-state index in [0.29, 0.717) is 5.92 Å². The molecule has 0 radical (unpaired) electrons. The van der Waals surface area contributed by atoms with Crippen LogP contribution >= 0.6 is 24.2 Å². The molecule has 2 N–H and O–H groups in total. The Labute approximate surface area is 153 Å². The van der Waals surface area contributed by atoms with E-state index in [4.69, 9.17) is 4.74 Å². The standard InChI is InChI=1S/C17H24N2O3S.ClH/c1-11(13-9-18-10-13)17(21)19-15(8-16(20)22-2)12-4-6-14(23-3)7-5-12;/h4-7,11,13,15,18H,8-10H2,1-3H3,(H,19,21);1H. The van der Waals surface area contributed by atoms with Crippen molar-refractivity contribution in [3.05, 3.63) is 29.8 Å². The van der Waals surface area contributed by atoms with Gasteiger partial charge in [0, 0.05) is 10.8 Å². The molecule has 1 saturated heterocycles. The van der Waals surface area contributed by atoms with E-state index in [1.807, 2.05) is 37.4 Å². The number of rotatable bonds is 7. The molecule has 0 aromatic heterocycles. The van der Waals surface area contributed by atoms with Gasteiger partial charge in [0.05, 0.1) is 19.6 Å². The number of thioether (sulfide) groups is 1. The van der Waals surface area contributed by atoms with Gasteiger partial charge in [0.1, 0.15) is 0 Å². The third-order valence-corrected chi connectivity index (χ3v) is 5.11. The summed E-state index contributed by atoms with van der Waals surface area (Å²) in [6.45, 7) is 3.68. The van der Waals surface area contributed by atoms with Crippen molar-refractivity contribution in [3.8, 4) is 0 Å². The largest absolute Gasteiger partial charge is 0.469 e. The van der Waals surface area contributed by atoms with E-state index in [1.54, 1.807) is 11.8 Å². The molecule has 1 amide bonds. The maximum absolute atomic E-state index is 12.5. The summed E-state index contributed by atoms with van der Waals surface area (Å²) in [5.74, 6) is -0.0453. The maximum Gasteiger partial charge on any atom is 0.307 e. The number of halogens is 1. The minimum atomic E-state index is -0.360. The van der Waals surface area contributed by atoms with Gasteiger partial charge in [-0.15, -0.1) is 24.2 Å². The van der Waals surface area contributed by atoms with E-state index in [2.05, 4.69) is 10.6 Å². The highest BCUT2D eigenvalue weighted by Gasteiger charge is 2.30. The predicted molar refractivity (Wildman–Crippen MR) is 98.5 cm³/mol. The maximum atomic E-state index is 12.5. The predicted octanol–water partition coefficient (Wildman–Crippen LogP) is 2.41. The molecule has 0 aliphatic carbocycles. The van der Waals surface area contributed by atoms with E-state index >= 15 is 0 Å². The van der Waals surface area contributed by atoms with Gasteiger partial charge in [0.15, 0.2) is 0 Å². The van der Waals surface area contributed by atoms with Crippen LogP contribution in [0.3, 0.4) is 0 Å². The third kappa shape index (κ3) is 5.40. The van der Waals surface area contributed by atoms with Gasteiger partial charge in [-0.3, -0.25) is 9.59 Å². The minimum absolute atomic E-state index is 0. The van der Waals surface area contributed by atoms with Gasteiger partial charge in [-0.2, -0.15) is 0 Å². The molecule has 0 spiro atoms. The van der Waals surface area contributed by atoms with E-state index in [9.17, 15) is 9.59 Å². The highest BCUT2D eigenvalue weighted by atomic mass is 35.5. The quantitative estimate of drug-likeness (QED) is 0.568. The molecule has 1 aliphatic heterocycles. The second-order valence-corrected chi connectivity index (χ2v) is 6.70. The second kappa shape index (κ2) is 9.91. The Kier molecular flexibility index (Phi) is 8.59.